The van der Waals surface area contributed by atoms with Gasteiger partial charge in [-0.25, -0.2) is 0 Å². The maximum Gasteiger partial charge on any atom is 0.187 e. The molecule has 0 radical (unpaired) electrons. The molecule has 0 spiro atoms. The highest BCUT2D eigenvalue weighted by Crippen LogP contribution is 2.69. The number of aliphatic hydroxyl groups excluding tert-OH is 7. The lowest BCUT2D eigenvalue weighted by Crippen LogP contribution is -2.70. The molecule has 306 valence electrons. The summed E-state index contributed by atoms with van der Waals surface area (Å²) < 4.78 is 29.1. The summed E-state index contributed by atoms with van der Waals surface area (Å²) in [6.07, 6.45) is -0.409. The van der Waals surface area contributed by atoms with E-state index in [1.165, 1.54) is 14.2 Å². The van der Waals surface area contributed by atoms with Crippen molar-refractivity contribution in [1.82, 2.24) is 0 Å². The molecule has 1 saturated heterocycles. The zero-order chi connectivity index (χ0) is 38.6. The third kappa shape index (κ3) is 7.32. The molecule has 53 heavy (non-hydrogen) atoms. The van der Waals surface area contributed by atoms with Crippen LogP contribution in [0.2, 0.25) is 0 Å². The Labute approximate surface area is 314 Å². The van der Waals surface area contributed by atoms with Crippen LogP contribution in [0.3, 0.4) is 0 Å². The Morgan fingerprint density at radius 1 is 0.830 bits per heavy atom. The molecule has 5 saturated carbocycles. The molecule has 8 N–H and O–H groups in total. The highest BCUT2D eigenvalue weighted by molar-refractivity contribution is 5.21. The predicted molar refractivity (Wildman–Crippen MR) is 192 cm³/mol. The van der Waals surface area contributed by atoms with E-state index in [9.17, 15) is 40.9 Å². The lowest BCUT2D eigenvalue weighted by Gasteiger charge is -2.66. The summed E-state index contributed by atoms with van der Waals surface area (Å²) in [5.41, 5.74) is -2.15. The second-order valence-corrected chi connectivity index (χ2v) is 18.3. The van der Waals surface area contributed by atoms with E-state index < -0.39 is 96.1 Å². The average molecular weight is 757 g/mol. The topological polar surface area (TPSA) is 208 Å². The van der Waals surface area contributed by atoms with Crippen molar-refractivity contribution in [2.45, 2.75) is 152 Å². The second-order valence-electron chi connectivity index (χ2n) is 18.3. The molecule has 3 unspecified atom stereocenters. The lowest BCUT2D eigenvalue weighted by molar-refractivity contribution is -0.303. The van der Waals surface area contributed by atoms with E-state index >= 15 is 0 Å². The van der Waals surface area contributed by atoms with Gasteiger partial charge in [-0.1, -0.05) is 39.8 Å². The highest BCUT2D eigenvalue weighted by atomic mass is 16.7. The minimum atomic E-state index is -1.27. The van der Waals surface area contributed by atoms with Crippen molar-refractivity contribution in [2.24, 2.45) is 52.3 Å². The van der Waals surface area contributed by atoms with Gasteiger partial charge in [-0.05, 0) is 79.4 Å². The number of aliphatic hydroxyl groups is 8. The van der Waals surface area contributed by atoms with Crippen molar-refractivity contribution in [3.63, 3.8) is 0 Å². The van der Waals surface area contributed by atoms with Crippen LogP contribution in [0.15, 0.2) is 12.2 Å². The van der Waals surface area contributed by atoms with Crippen molar-refractivity contribution in [1.29, 1.82) is 0 Å². The van der Waals surface area contributed by atoms with E-state index in [0.717, 1.165) is 19.3 Å². The van der Waals surface area contributed by atoms with Gasteiger partial charge in [0.2, 0.25) is 0 Å². The van der Waals surface area contributed by atoms with E-state index in [1.54, 1.807) is 0 Å². The average Bonchev–Trinajstić information content (AvgIpc) is 3.57. The van der Waals surface area contributed by atoms with Gasteiger partial charge in [0.15, 0.2) is 6.29 Å². The Hall–Kier alpha value is -0.780. The van der Waals surface area contributed by atoms with E-state index in [2.05, 4.69) is 39.8 Å². The molecule has 6 aliphatic rings. The molecular weight excluding hydrogens is 688 g/mol. The molecule has 13 heteroatoms. The van der Waals surface area contributed by atoms with E-state index in [1.807, 2.05) is 0 Å². The first kappa shape index (κ1) is 41.8. The van der Waals surface area contributed by atoms with E-state index in [4.69, 9.17) is 23.7 Å². The molecule has 0 bridgehead atoms. The summed E-state index contributed by atoms with van der Waals surface area (Å²) in [5, 5.41) is 88.6. The van der Waals surface area contributed by atoms with E-state index in [0.29, 0.717) is 32.3 Å². The number of fused-ring (bicyclic) bond motifs is 5. The number of ether oxygens (including phenoxy) is 5. The van der Waals surface area contributed by atoms with Crippen LogP contribution in [0.4, 0.5) is 0 Å². The molecule has 0 aromatic rings. The van der Waals surface area contributed by atoms with Gasteiger partial charge in [0.25, 0.3) is 0 Å². The molecule has 21 atom stereocenters. The van der Waals surface area contributed by atoms with Crippen LogP contribution < -0.4 is 0 Å². The Morgan fingerprint density at radius 3 is 2.23 bits per heavy atom. The standard InChI is InChI=1S/C40H68O13/c1-20(18-51-27-14-22(17-41)31(45)34(27)53-37-35(50-6)33(47)28(49-5)19-52-37)8-7-9-21(2)23-15-25(43)36-38(23,3)13-11-29-39(4)12-10-24(42)32(46)30(39)26(44)16-40(29,36)48/h7,9,20-37,41-48H,8,10-19H2,1-6H3/b9-7+/t20-,21+,22+,23+,24-,25+,26-,27-,28+,29?,30?,31+,32-,33-,34+,35+,36?,37-,38+,39+,40-/m0/s1. The van der Waals surface area contributed by atoms with Crippen molar-refractivity contribution in [3.8, 4) is 0 Å². The third-order valence-corrected chi connectivity index (χ3v) is 15.2. The fourth-order valence-corrected chi connectivity index (χ4v) is 12.5. The number of hydrogen-bond donors (Lipinski definition) is 8. The molecule has 0 aromatic carbocycles. The summed E-state index contributed by atoms with van der Waals surface area (Å²) in [4.78, 5) is 0. The van der Waals surface area contributed by atoms with Crippen molar-refractivity contribution in [2.75, 3.05) is 34.0 Å². The van der Waals surface area contributed by atoms with Gasteiger partial charge < -0.3 is 64.5 Å². The van der Waals surface area contributed by atoms with Crippen LogP contribution in [0, 0.1) is 52.3 Å². The first-order valence-electron chi connectivity index (χ1n) is 20.1. The number of allylic oxidation sites excluding steroid dienone is 2. The van der Waals surface area contributed by atoms with Gasteiger partial charge in [-0.15, -0.1) is 0 Å². The third-order valence-electron chi connectivity index (χ3n) is 15.2. The number of methoxy groups -OCH3 is 2. The Morgan fingerprint density at radius 2 is 1.55 bits per heavy atom. The van der Waals surface area contributed by atoms with Crippen LogP contribution >= 0.6 is 0 Å². The SMILES string of the molecule is CO[C@H]1[C@H](O[C@H]2[C@H](O)[C@@H](CO)C[C@@H]2OC[C@@H](C)C/C=C/[C@@H](C)[C@H]2C[C@@H](O)C3[C@]4(O)C[C@H](O)C5[C@@H](O)[C@@H](O)CC[C@]5(C)C4CC[C@@]32C)OC[C@@H](OC)[C@@H]1O. The van der Waals surface area contributed by atoms with Crippen molar-refractivity contribution in [3.05, 3.63) is 12.2 Å². The van der Waals surface area contributed by atoms with Gasteiger partial charge in [0.05, 0.1) is 48.8 Å². The monoisotopic (exact) mass is 756 g/mol. The maximum absolute atomic E-state index is 12.6. The molecule has 5 aliphatic carbocycles. The lowest BCUT2D eigenvalue weighted by atomic mass is 9.41. The van der Waals surface area contributed by atoms with Gasteiger partial charge in [0, 0.05) is 51.6 Å². The molecular formula is C40H68O13. The van der Waals surface area contributed by atoms with Gasteiger partial charge in [-0.3, -0.25) is 0 Å². The van der Waals surface area contributed by atoms with Gasteiger partial charge >= 0.3 is 0 Å². The van der Waals surface area contributed by atoms with Gasteiger partial charge in [-0.2, -0.15) is 0 Å². The summed E-state index contributed by atoms with van der Waals surface area (Å²) in [5.74, 6) is -1.15. The Bertz CT molecular complexity index is 1250. The smallest absolute Gasteiger partial charge is 0.187 e. The molecule has 6 fully saturated rings. The van der Waals surface area contributed by atoms with Gasteiger partial charge in [0.1, 0.15) is 24.4 Å². The number of hydrogen-bond acceptors (Lipinski definition) is 13. The first-order chi connectivity index (χ1) is 25.0. The molecule has 0 amide bonds. The second kappa shape index (κ2) is 16.2. The Kier molecular flexibility index (Phi) is 12.8. The van der Waals surface area contributed by atoms with Crippen LogP contribution in [0.1, 0.15) is 79.1 Å². The molecule has 13 nitrogen and oxygen atoms in total. The molecule has 6 rings (SSSR count). The first-order valence-corrected chi connectivity index (χ1v) is 20.1. The summed E-state index contributed by atoms with van der Waals surface area (Å²) in [6.45, 7) is 8.79. The van der Waals surface area contributed by atoms with Crippen molar-refractivity contribution >= 4 is 0 Å². The molecule has 1 aliphatic heterocycles. The molecule has 1 heterocycles. The fourth-order valence-electron chi connectivity index (χ4n) is 12.5. The van der Waals surface area contributed by atoms with Crippen LogP contribution in [-0.4, -0.2) is 148 Å². The summed E-state index contributed by atoms with van der Waals surface area (Å²) in [6, 6.07) is 0. The van der Waals surface area contributed by atoms with Crippen LogP contribution in [0.25, 0.3) is 0 Å². The predicted octanol–water partition coefficient (Wildman–Crippen LogP) is 1.14. The quantitative estimate of drug-likeness (QED) is 0.132. The minimum absolute atomic E-state index is 0.0906. The summed E-state index contributed by atoms with van der Waals surface area (Å²) >= 11 is 0. The minimum Gasteiger partial charge on any atom is -0.396 e. The zero-order valence-electron chi connectivity index (χ0n) is 32.4. The van der Waals surface area contributed by atoms with E-state index in [-0.39, 0.29) is 48.7 Å². The van der Waals surface area contributed by atoms with Crippen LogP contribution in [-0.2, 0) is 23.7 Å². The Balaban J connectivity index is 1.06. The van der Waals surface area contributed by atoms with Crippen molar-refractivity contribution < 1.29 is 64.5 Å². The normalized spacial score (nSPS) is 52.6. The van der Waals surface area contributed by atoms with Crippen LogP contribution in [0.5, 0.6) is 0 Å². The fraction of sp³-hybridized carbons (Fsp3) is 0.950. The summed E-state index contributed by atoms with van der Waals surface area (Å²) in [7, 11) is 2.94. The highest BCUT2D eigenvalue weighted by Gasteiger charge is 2.71. The zero-order valence-corrected chi connectivity index (χ0v) is 32.4. The largest absolute Gasteiger partial charge is 0.396 e. The maximum atomic E-state index is 12.6. The number of rotatable bonds is 12. The molecule has 0 aromatic heterocycles.